The number of hydrogen-bond acceptors (Lipinski definition) is 3. The van der Waals surface area contributed by atoms with Gasteiger partial charge in [0.25, 0.3) is 0 Å². The van der Waals surface area contributed by atoms with Crippen LogP contribution in [0.4, 0.5) is 0 Å². The zero-order valence-corrected chi connectivity index (χ0v) is 11.6. The van der Waals surface area contributed by atoms with Gasteiger partial charge in [0.15, 0.2) is 0 Å². The second kappa shape index (κ2) is 7.45. The highest BCUT2D eigenvalue weighted by molar-refractivity contribution is 5.10. The first-order chi connectivity index (χ1) is 8.21. The van der Waals surface area contributed by atoms with E-state index in [0.29, 0.717) is 6.04 Å². The van der Waals surface area contributed by atoms with Gasteiger partial charge in [-0.1, -0.05) is 20.8 Å². The molecule has 0 spiro atoms. The third-order valence-electron chi connectivity index (χ3n) is 3.21. The zero-order valence-electron chi connectivity index (χ0n) is 11.6. The molecular weight excluding hydrogens is 212 g/mol. The number of aryl methyl sites for hydroxylation is 1. The van der Waals surface area contributed by atoms with Gasteiger partial charge in [0, 0.05) is 24.8 Å². The predicted octanol–water partition coefficient (Wildman–Crippen LogP) is 1.80. The number of aromatic nitrogens is 2. The summed E-state index contributed by atoms with van der Waals surface area (Å²) < 4.78 is 1.87. The summed E-state index contributed by atoms with van der Waals surface area (Å²) in [5, 5.41) is 7.79. The van der Waals surface area contributed by atoms with Crippen molar-refractivity contribution in [3.63, 3.8) is 0 Å². The smallest absolute Gasteiger partial charge is 0.0537 e. The van der Waals surface area contributed by atoms with E-state index >= 15 is 0 Å². The average Bonchev–Trinajstić information content (AvgIpc) is 2.75. The first-order valence-electron chi connectivity index (χ1n) is 6.65. The second-order valence-electron chi connectivity index (χ2n) is 4.37. The molecule has 0 saturated heterocycles. The predicted molar refractivity (Wildman–Crippen MR) is 72.0 cm³/mol. The molecule has 0 aromatic carbocycles. The van der Waals surface area contributed by atoms with Gasteiger partial charge in [-0.15, -0.1) is 0 Å². The Morgan fingerprint density at radius 1 is 1.35 bits per heavy atom. The van der Waals surface area contributed by atoms with E-state index in [4.69, 9.17) is 0 Å². The van der Waals surface area contributed by atoms with Crippen LogP contribution in [0.25, 0.3) is 0 Å². The highest BCUT2D eigenvalue weighted by Crippen LogP contribution is 2.16. The minimum absolute atomic E-state index is 0.425. The molecule has 1 aromatic rings. The van der Waals surface area contributed by atoms with Crippen LogP contribution in [0.2, 0.25) is 0 Å². The fraction of sp³-hybridized carbons (Fsp3) is 0.769. The number of rotatable bonds is 8. The van der Waals surface area contributed by atoms with Crippen molar-refractivity contribution in [1.29, 1.82) is 0 Å². The Labute approximate surface area is 105 Å². The minimum Gasteiger partial charge on any atom is -0.310 e. The maximum Gasteiger partial charge on any atom is 0.0537 e. The molecular formula is C13H26N4. The van der Waals surface area contributed by atoms with Crippen LogP contribution < -0.4 is 5.32 Å². The Hall–Kier alpha value is -0.870. The molecule has 0 aliphatic heterocycles. The van der Waals surface area contributed by atoms with Gasteiger partial charge in [0.2, 0.25) is 0 Å². The van der Waals surface area contributed by atoms with Crippen molar-refractivity contribution in [2.75, 3.05) is 26.2 Å². The molecule has 1 rings (SSSR count). The summed E-state index contributed by atoms with van der Waals surface area (Å²) in [6.07, 6.45) is 5.21. The molecule has 0 amide bonds. The monoisotopic (exact) mass is 238 g/mol. The summed E-state index contributed by atoms with van der Waals surface area (Å²) in [6, 6.07) is 0.425. The molecule has 1 N–H and O–H groups in total. The van der Waals surface area contributed by atoms with E-state index in [-0.39, 0.29) is 0 Å². The van der Waals surface area contributed by atoms with Gasteiger partial charge in [-0.05, 0) is 32.6 Å². The van der Waals surface area contributed by atoms with Gasteiger partial charge in [-0.3, -0.25) is 4.68 Å². The number of nitrogens with one attached hydrogen (secondary N) is 1. The van der Waals surface area contributed by atoms with E-state index in [1.54, 1.807) is 0 Å². The molecule has 0 aliphatic rings. The standard InChI is InChI=1S/C13H26N4/c1-5-14-13(8-9-17(6-2)7-3)12-10-15-16(4)11-12/h10-11,13-14H,5-9H2,1-4H3. The molecule has 4 nitrogen and oxygen atoms in total. The summed E-state index contributed by atoms with van der Waals surface area (Å²) in [5.41, 5.74) is 1.29. The molecule has 1 heterocycles. The maximum absolute atomic E-state index is 4.25. The molecule has 1 aromatic heterocycles. The van der Waals surface area contributed by atoms with E-state index in [2.05, 4.69) is 42.3 Å². The van der Waals surface area contributed by atoms with Crippen LogP contribution >= 0.6 is 0 Å². The fourth-order valence-corrected chi connectivity index (χ4v) is 2.10. The third kappa shape index (κ3) is 4.48. The van der Waals surface area contributed by atoms with Gasteiger partial charge in [0.1, 0.15) is 0 Å². The van der Waals surface area contributed by atoms with Crippen molar-refractivity contribution < 1.29 is 0 Å². The molecule has 1 atom stereocenters. The van der Waals surface area contributed by atoms with E-state index < -0.39 is 0 Å². The second-order valence-corrected chi connectivity index (χ2v) is 4.37. The van der Waals surface area contributed by atoms with E-state index in [1.807, 2.05) is 17.9 Å². The molecule has 0 aliphatic carbocycles. The molecule has 0 fully saturated rings. The van der Waals surface area contributed by atoms with Crippen LogP contribution in [0.5, 0.6) is 0 Å². The van der Waals surface area contributed by atoms with E-state index in [0.717, 1.165) is 32.6 Å². The summed E-state index contributed by atoms with van der Waals surface area (Å²) in [5.74, 6) is 0. The molecule has 98 valence electrons. The molecule has 0 radical (unpaired) electrons. The summed E-state index contributed by atoms with van der Waals surface area (Å²) in [7, 11) is 1.97. The van der Waals surface area contributed by atoms with E-state index in [9.17, 15) is 0 Å². The highest BCUT2D eigenvalue weighted by atomic mass is 15.2. The van der Waals surface area contributed by atoms with Gasteiger partial charge < -0.3 is 10.2 Å². The Morgan fingerprint density at radius 2 is 2.06 bits per heavy atom. The minimum atomic E-state index is 0.425. The molecule has 1 unspecified atom stereocenters. The normalized spacial score (nSPS) is 13.2. The Kier molecular flexibility index (Phi) is 6.22. The third-order valence-corrected chi connectivity index (χ3v) is 3.21. The van der Waals surface area contributed by atoms with E-state index in [1.165, 1.54) is 5.56 Å². The lowest BCUT2D eigenvalue weighted by atomic mass is 10.1. The quantitative estimate of drug-likeness (QED) is 0.750. The maximum atomic E-state index is 4.25. The van der Waals surface area contributed by atoms with Crippen molar-refractivity contribution in [3.8, 4) is 0 Å². The zero-order chi connectivity index (χ0) is 12.7. The van der Waals surface area contributed by atoms with Crippen molar-refractivity contribution >= 4 is 0 Å². The highest BCUT2D eigenvalue weighted by Gasteiger charge is 2.13. The van der Waals surface area contributed by atoms with Crippen LogP contribution in [-0.2, 0) is 7.05 Å². The van der Waals surface area contributed by atoms with Crippen LogP contribution in [0.3, 0.4) is 0 Å². The first kappa shape index (κ1) is 14.2. The fourth-order valence-electron chi connectivity index (χ4n) is 2.10. The van der Waals surface area contributed by atoms with Crippen molar-refractivity contribution in [1.82, 2.24) is 20.0 Å². The molecule has 4 heteroatoms. The molecule has 17 heavy (non-hydrogen) atoms. The van der Waals surface area contributed by atoms with Gasteiger partial charge in [0.05, 0.1) is 6.20 Å². The SMILES string of the molecule is CCNC(CCN(CC)CC)c1cnn(C)c1. The average molecular weight is 238 g/mol. The number of hydrogen-bond donors (Lipinski definition) is 1. The first-order valence-corrected chi connectivity index (χ1v) is 6.65. The van der Waals surface area contributed by atoms with Gasteiger partial charge >= 0.3 is 0 Å². The molecule has 0 saturated carbocycles. The lowest BCUT2D eigenvalue weighted by Gasteiger charge is -2.22. The van der Waals surface area contributed by atoms with Crippen molar-refractivity contribution in [2.45, 2.75) is 33.2 Å². The summed E-state index contributed by atoms with van der Waals surface area (Å²) in [6.45, 7) is 11.0. The molecule has 0 bridgehead atoms. The Bertz CT molecular complexity index is 304. The van der Waals surface area contributed by atoms with Gasteiger partial charge in [-0.2, -0.15) is 5.10 Å². The van der Waals surface area contributed by atoms with Crippen LogP contribution in [0.1, 0.15) is 38.8 Å². The Balaban J connectivity index is 2.54. The van der Waals surface area contributed by atoms with Crippen LogP contribution in [0.15, 0.2) is 12.4 Å². The van der Waals surface area contributed by atoms with Crippen LogP contribution in [0, 0.1) is 0 Å². The summed E-state index contributed by atoms with van der Waals surface area (Å²) >= 11 is 0. The number of nitrogens with zero attached hydrogens (tertiary/aromatic N) is 3. The van der Waals surface area contributed by atoms with Crippen LogP contribution in [-0.4, -0.2) is 40.9 Å². The lowest BCUT2D eigenvalue weighted by molar-refractivity contribution is 0.282. The lowest BCUT2D eigenvalue weighted by Crippen LogP contribution is -2.29. The Morgan fingerprint density at radius 3 is 2.53 bits per heavy atom. The topological polar surface area (TPSA) is 33.1 Å². The van der Waals surface area contributed by atoms with Crippen molar-refractivity contribution in [3.05, 3.63) is 18.0 Å². The summed E-state index contributed by atoms with van der Waals surface area (Å²) in [4.78, 5) is 2.46. The van der Waals surface area contributed by atoms with Gasteiger partial charge in [-0.25, -0.2) is 0 Å². The van der Waals surface area contributed by atoms with Crippen molar-refractivity contribution in [2.24, 2.45) is 7.05 Å². The largest absolute Gasteiger partial charge is 0.310 e.